The Morgan fingerprint density at radius 2 is 2.39 bits per heavy atom. The van der Waals surface area contributed by atoms with E-state index in [1.165, 1.54) is 18.4 Å². The van der Waals surface area contributed by atoms with Gasteiger partial charge in [0.1, 0.15) is 0 Å². The fourth-order valence-corrected chi connectivity index (χ4v) is 2.55. The van der Waals surface area contributed by atoms with Crippen LogP contribution in [-0.4, -0.2) is 24.7 Å². The second kappa shape index (κ2) is 6.86. The van der Waals surface area contributed by atoms with E-state index in [-0.39, 0.29) is 0 Å². The summed E-state index contributed by atoms with van der Waals surface area (Å²) in [5, 5.41) is 3.65. The van der Waals surface area contributed by atoms with Gasteiger partial charge >= 0.3 is 0 Å². The number of ether oxygens (including phenoxy) is 1. The van der Waals surface area contributed by atoms with E-state index >= 15 is 0 Å². The molecule has 0 aromatic carbocycles. The topological polar surface area (TPSA) is 34.2 Å². The summed E-state index contributed by atoms with van der Waals surface area (Å²) in [4.78, 5) is 4.42. The van der Waals surface area contributed by atoms with Crippen molar-refractivity contribution in [1.82, 2.24) is 10.3 Å². The van der Waals surface area contributed by atoms with Gasteiger partial charge in [0, 0.05) is 30.5 Å². The summed E-state index contributed by atoms with van der Waals surface area (Å²) in [6.07, 6.45) is 5.59. The number of hydrogen-bond donors (Lipinski definition) is 1. The molecule has 1 saturated heterocycles. The fourth-order valence-electron chi connectivity index (χ4n) is 2.55. The van der Waals surface area contributed by atoms with Gasteiger partial charge in [-0.05, 0) is 44.4 Å². The first-order valence-corrected chi connectivity index (χ1v) is 7.05. The van der Waals surface area contributed by atoms with Gasteiger partial charge in [-0.1, -0.05) is 13.0 Å². The average molecular weight is 248 g/mol. The van der Waals surface area contributed by atoms with Gasteiger partial charge in [0.15, 0.2) is 0 Å². The molecule has 3 heteroatoms. The van der Waals surface area contributed by atoms with Crippen LogP contribution in [0.3, 0.4) is 0 Å². The highest BCUT2D eigenvalue weighted by atomic mass is 16.5. The molecule has 0 radical (unpaired) electrons. The summed E-state index contributed by atoms with van der Waals surface area (Å²) >= 11 is 0. The van der Waals surface area contributed by atoms with Crippen molar-refractivity contribution in [3.63, 3.8) is 0 Å². The van der Waals surface area contributed by atoms with Crippen molar-refractivity contribution in [2.24, 2.45) is 5.92 Å². The zero-order valence-electron chi connectivity index (χ0n) is 11.5. The quantitative estimate of drug-likeness (QED) is 0.870. The zero-order chi connectivity index (χ0) is 12.8. The lowest BCUT2D eigenvalue weighted by Gasteiger charge is -2.31. The van der Waals surface area contributed by atoms with Crippen LogP contribution in [0.1, 0.15) is 43.5 Å². The van der Waals surface area contributed by atoms with Gasteiger partial charge in [-0.15, -0.1) is 0 Å². The molecule has 0 bridgehead atoms. The number of aromatic nitrogens is 1. The Morgan fingerprint density at radius 1 is 1.50 bits per heavy atom. The molecule has 0 amide bonds. The molecule has 1 aliphatic heterocycles. The highest BCUT2D eigenvalue weighted by molar-refractivity contribution is 5.18. The third-order valence-electron chi connectivity index (χ3n) is 3.57. The summed E-state index contributed by atoms with van der Waals surface area (Å²) in [5.41, 5.74) is 2.37. The molecule has 0 saturated carbocycles. The van der Waals surface area contributed by atoms with Crippen LogP contribution >= 0.6 is 0 Å². The number of rotatable bonds is 5. The standard InChI is InChI=1S/C15H24N2O/c1-3-8-16-15(14-5-4-9-18-11-14)13-7-6-12(2)17-10-13/h6-7,10,14-16H,3-5,8-9,11H2,1-2H3. The van der Waals surface area contributed by atoms with E-state index in [1.807, 2.05) is 13.1 Å². The SMILES string of the molecule is CCCNC(c1ccc(C)nc1)C1CCCOC1. The largest absolute Gasteiger partial charge is 0.381 e. The van der Waals surface area contributed by atoms with Crippen LogP contribution in [-0.2, 0) is 4.74 Å². The van der Waals surface area contributed by atoms with Crippen LogP contribution in [0.2, 0.25) is 0 Å². The zero-order valence-corrected chi connectivity index (χ0v) is 11.5. The smallest absolute Gasteiger partial charge is 0.0512 e. The van der Waals surface area contributed by atoms with Crippen molar-refractivity contribution in [2.45, 2.75) is 39.2 Å². The molecular formula is C15H24N2O. The minimum atomic E-state index is 0.387. The molecule has 1 aromatic heterocycles. The van der Waals surface area contributed by atoms with Crippen LogP contribution in [0.25, 0.3) is 0 Å². The van der Waals surface area contributed by atoms with Gasteiger partial charge in [-0.3, -0.25) is 4.98 Å². The Labute approximate surface area is 110 Å². The lowest BCUT2D eigenvalue weighted by Crippen LogP contribution is -2.34. The fraction of sp³-hybridized carbons (Fsp3) is 0.667. The third-order valence-corrected chi connectivity index (χ3v) is 3.57. The normalized spacial score (nSPS) is 21.8. The van der Waals surface area contributed by atoms with Gasteiger partial charge in [0.05, 0.1) is 6.61 Å². The third kappa shape index (κ3) is 3.53. The monoisotopic (exact) mass is 248 g/mol. The van der Waals surface area contributed by atoms with Crippen LogP contribution in [0.5, 0.6) is 0 Å². The Hall–Kier alpha value is -0.930. The van der Waals surface area contributed by atoms with E-state index in [1.54, 1.807) is 0 Å². The summed E-state index contributed by atoms with van der Waals surface area (Å²) in [6.45, 7) is 7.07. The summed E-state index contributed by atoms with van der Waals surface area (Å²) in [7, 11) is 0. The Bertz CT molecular complexity index is 344. The molecule has 2 unspecified atom stereocenters. The molecule has 0 aliphatic carbocycles. The highest BCUT2D eigenvalue weighted by Crippen LogP contribution is 2.28. The van der Waals surface area contributed by atoms with Crippen molar-refractivity contribution in [3.8, 4) is 0 Å². The minimum absolute atomic E-state index is 0.387. The minimum Gasteiger partial charge on any atom is -0.381 e. The molecule has 3 nitrogen and oxygen atoms in total. The average Bonchev–Trinajstić information content (AvgIpc) is 2.42. The second-order valence-corrected chi connectivity index (χ2v) is 5.14. The van der Waals surface area contributed by atoms with Gasteiger partial charge in [-0.2, -0.15) is 0 Å². The molecule has 1 N–H and O–H groups in total. The molecule has 18 heavy (non-hydrogen) atoms. The lowest BCUT2D eigenvalue weighted by atomic mass is 9.89. The van der Waals surface area contributed by atoms with Gasteiger partial charge in [0.2, 0.25) is 0 Å². The first-order chi connectivity index (χ1) is 8.81. The van der Waals surface area contributed by atoms with Crippen molar-refractivity contribution in [1.29, 1.82) is 0 Å². The number of nitrogens with zero attached hydrogens (tertiary/aromatic N) is 1. The predicted molar refractivity (Wildman–Crippen MR) is 73.6 cm³/mol. The Balaban J connectivity index is 2.10. The second-order valence-electron chi connectivity index (χ2n) is 5.14. The maximum atomic E-state index is 5.63. The van der Waals surface area contributed by atoms with E-state index in [2.05, 4.69) is 29.4 Å². The maximum absolute atomic E-state index is 5.63. The first kappa shape index (κ1) is 13.5. The lowest BCUT2D eigenvalue weighted by molar-refractivity contribution is 0.0390. The molecule has 2 rings (SSSR count). The number of hydrogen-bond acceptors (Lipinski definition) is 3. The highest BCUT2D eigenvalue weighted by Gasteiger charge is 2.25. The molecule has 1 aromatic rings. The van der Waals surface area contributed by atoms with Gasteiger partial charge < -0.3 is 10.1 Å². The molecule has 2 atom stereocenters. The summed E-state index contributed by atoms with van der Waals surface area (Å²) in [5.74, 6) is 0.579. The maximum Gasteiger partial charge on any atom is 0.0512 e. The Kier molecular flexibility index (Phi) is 5.14. The Morgan fingerprint density at radius 3 is 3.00 bits per heavy atom. The van der Waals surface area contributed by atoms with Crippen molar-refractivity contribution < 1.29 is 4.74 Å². The van der Waals surface area contributed by atoms with E-state index in [9.17, 15) is 0 Å². The predicted octanol–water partition coefficient (Wildman–Crippen LogP) is 2.86. The molecule has 1 fully saturated rings. The van der Waals surface area contributed by atoms with Crippen molar-refractivity contribution >= 4 is 0 Å². The number of nitrogens with one attached hydrogen (secondary N) is 1. The molecule has 100 valence electrons. The number of aryl methyl sites for hydroxylation is 1. The number of pyridine rings is 1. The van der Waals surface area contributed by atoms with Crippen LogP contribution in [0, 0.1) is 12.8 Å². The summed E-state index contributed by atoms with van der Waals surface area (Å²) in [6, 6.07) is 4.68. The van der Waals surface area contributed by atoms with Gasteiger partial charge in [-0.25, -0.2) is 0 Å². The molecule has 0 spiro atoms. The van der Waals surface area contributed by atoms with Crippen molar-refractivity contribution in [3.05, 3.63) is 29.6 Å². The van der Waals surface area contributed by atoms with Crippen LogP contribution < -0.4 is 5.32 Å². The van der Waals surface area contributed by atoms with E-state index in [0.717, 1.165) is 31.9 Å². The molecule has 2 heterocycles. The first-order valence-electron chi connectivity index (χ1n) is 7.05. The van der Waals surface area contributed by atoms with E-state index in [4.69, 9.17) is 4.74 Å². The van der Waals surface area contributed by atoms with Crippen LogP contribution in [0.4, 0.5) is 0 Å². The summed E-state index contributed by atoms with van der Waals surface area (Å²) < 4.78 is 5.63. The van der Waals surface area contributed by atoms with Crippen molar-refractivity contribution in [2.75, 3.05) is 19.8 Å². The van der Waals surface area contributed by atoms with Gasteiger partial charge in [0.25, 0.3) is 0 Å². The van der Waals surface area contributed by atoms with E-state index in [0.29, 0.717) is 12.0 Å². The molecule has 1 aliphatic rings. The van der Waals surface area contributed by atoms with E-state index < -0.39 is 0 Å². The molecular weight excluding hydrogens is 224 g/mol. The van der Waals surface area contributed by atoms with Crippen LogP contribution in [0.15, 0.2) is 18.3 Å².